The van der Waals surface area contributed by atoms with Crippen molar-refractivity contribution in [1.82, 2.24) is 10.4 Å². The molecule has 0 amide bonds. The van der Waals surface area contributed by atoms with Crippen LogP contribution in [0.5, 0.6) is 0 Å². The third-order valence-electron chi connectivity index (χ3n) is 4.15. The highest BCUT2D eigenvalue weighted by atomic mass is 32.2. The van der Waals surface area contributed by atoms with Gasteiger partial charge in [0.1, 0.15) is 0 Å². The van der Waals surface area contributed by atoms with E-state index in [-0.39, 0.29) is 5.75 Å². The number of para-hydroxylation sites is 1. The number of aliphatic carboxylic acids is 1. The van der Waals surface area contributed by atoms with E-state index in [0.29, 0.717) is 11.0 Å². The van der Waals surface area contributed by atoms with E-state index in [4.69, 9.17) is 5.11 Å². The molecule has 0 saturated carbocycles. The summed E-state index contributed by atoms with van der Waals surface area (Å²) in [7, 11) is 0. The summed E-state index contributed by atoms with van der Waals surface area (Å²) in [5.74, 6) is -0.621. The first-order chi connectivity index (χ1) is 13.6. The molecule has 0 saturated heterocycles. The van der Waals surface area contributed by atoms with Crippen molar-refractivity contribution in [3.63, 3.8) is 0 Å². The van der Waals surface area contributed by atoms with Gasteiger partial charge in [-0.05, 0) is 36.8 Å². The van der Waals surface area contributed by atoms with Crippen LogP contribution in [-0.4, -0.2) is 38.5 Å². The van der Waals surface area contributed by atoms with Gasteiger partial charge in [-0.3, -0.25) is 10.2 Å². The highest BCUT2D eigenvalue weighted by molar-refractivity contribution is 8.14. The molecule has 0 radical (unpaired) electrons. The van der Waals surface area contributed by atoms with Crippen LogP contribution in [0.15, 0.2) is 69.7 Å². The fourth-order valence-corrected chi connectivity index (χ4v) is 3.27. The molecule has 2 aliphatic heterocycles. The van der Waals surface area contributed by atoms with Gasteiger partial charge in [0.05, 0.1) is 22.8 Å². The molecule has 1 aromatic heterocycles. The van der Waals surface area contributed by atoms with E-state index >= 15 is 0 Å². The van der Waals surface area contributed by atoms with Gasteiger partial charge in [0.15, 0.2) is 11.0 Å². The molecule has 0 unspecified atom stereocenters. The Morgan fingerprint density at radius 3 is 2.64 bits per heavy atom. The number of carboxylic acids is 1. The van der Waals surface area contributed by atoms with Gasteiger partial charge in [0.25, 0.3) is 0 Å². The van der Waals surface area contributed by atoms with Gasteiger partial charge in [-0.2, -0.15) is 5.10 Å². The molecule has 2 aliphatic rings. The Kier molecular flexibility index (Phi) is 4.94. The SMILES string of the molecule is C/C1=N/NC(SCC(=O)O)=NC(c2cc3ccccc3[nH]2)=Nc2ccc1cc2. The average molecular weight is 391 g/mol. The number of nitrogens with one attached hydrogen (secondary N) is 2. The molecule has 2 aromatic carbocycles. The van der Waals surface area contributed by atoms with E-state index < -0.39 is 5.97 Å². The molecule has 0 aliphatic carbocycles. The molecule has 3 aromatic rings. The number of rotatable bonds is 3. The number of amidine groups is 2. The number of nitrogens with zero attached hydrogens (tertiary/aromatic N) is 3. The number of fused-ring (bicyclic) bond motifs is 6. The molecule has 5 rings (SSSR count). The lowest BCUT2D eigenvalue weighted by Gasteiger charge is -2.06. The topological polar surface area (TPSA) is 102 Å². The summed E-state index contributed by atoms with van der Waals surface area (Å²) in [5, 5.41) is 14.8. The summed E-state index contributed by atoms with van der Waals surface area (Å²) in [4.78, 5) is 23.6. The number of aromatic nitrogens is 1. The fraction of sp³-hybridized carbons (Fsp3) is 0.100. The summed E-state index contributed by atoms with van der Waals surface area (Å²) in [6.45, 7) is 1.87. The van der Waals surface area contributed by atoms with Crippen LogP contribution in [0.3, 0.4) is 0 Å². The van der Waals surface area contributed by atoms with Crippen LogP contribution in [0.25, 0.3) is 10.9 Å². The maximum absolute atomic E-state index is 11.0. The Morgan fingerprint density at radius 2 is 1.89 bits per heavy atom. The van der Waals surface area contributed by atoms with Gasteiger partial charge in [-0.1, -0.05) is 42.1 Å². The van der Waals surface area contributed by atoms with E-state index in [1.807, 2.05) is 61.5 Å². The van der Waals surface area contributed by atoms with Gasteiger partial charge in [-0.15, -0.1) is 0 Å². The average Bonchev–Trinajstić information content (AvgIpc) is 3.11. The van der Waals surface area contributed by atoms with Crippen molar-refractivity contribution in [2.75, 3.05) is 5.75 Å². The van der Waals surface area contributed by atoms with Crippen molar-refractivity contribution in [3.8, 4) is 0 Å². The molecule has 3 N–H and O–H groups in total. The van der Waals surface area contributed by atoms with Crippen molar-refractivity contribution < 1.29 is 9.90 Å². The molecule has 140 valence electrons. The predicted molar refractivity (Wildman–Crippen MR) is 114 cm³/mol. The Labute approximate surface area is 165 Å². The molecule has 28 heavy (non-hydrogen) atoms. The molecule has 0 spiro atoms. The number of hydrogen-bond acceptors (Lipinski definition) is 6. The highest BCUT2D eigenvalue weighted by Gasteiger charge is 2.12. The molecule has 0 atom stereocenters. The first-order valence-corrected chi connectivity index (χ1v) is 9.58. The Balaban J connectivity index is 1.84. The van der Waals surface area contributed by atoms with E-state index in [9.17, 15) is 4.79 Å². The summed E-state index contributed by atoms with van der Waals surface area (Å²) in [6, 6.07) is 17.6. The van der Waals surface area contributed by atoms with Crippen LogP contribution in [0.1, 0.15) is 18.2 Å². The van der Waals surface area contributed by atoms with E-state index in [1.54, 1.807) is 0 Å². The van der Waals surface area contributed by atoms with E-state index in [2.05, 4.69) is 25.5 Å². The van der Waals surface area contributed by atoms with E-state index in [0.717, 1.165) is 45.3 Å². The number of carbonyl (C=O) groups is 1. The van der Waals surface area contributed by atoms with Crippen molar-refractivity contribution in [2.24, 2.45) is 15.1 Å². The minimum atomic E-state index is -0.930. The predicted octanol–water partition coefficient (Wildman–Crippen LogP) is 3.75. The van der Waals surface area contributed by atoms with Crippen LogP contribution in [0.4, 0.5) is 5.69 Å². The Hall–Kier alpha value is -3.39. The third-order valence-corrected chi connectivity index (χ3v) is 5.00. The first kappa shape index (κ1) is 18.0. The van der Waals surface area contributed by atoms with Crippen LogP contribution < -0.4 is 5.43 Å². The van der Waals surface area contributed by atoms with Gasteiger partial charge in [-0.25, -0.2) is 9.98 Å². The lowest BCUT2D eigenvalue weighted by atomic mass is 10.1. The number of thioether (sulfide) groups is 1. The summed E-state index contributed by atoms with van der Waals surface area (Å²) < 4.78 is 0. The third kappa shape index (κ3) is 3.96. The maximum Gasteiger partial charge on any atom is 0.313 e. The van der Waals surface area contributed by atoms with Crippen molar-refractivity contribution in [3.05, 3.63) is 65.9 Å². The zero-order chi connectivity index (χ0) is 19.5. The zero-order valence-electron chi connectivity index (χ0n) is 15.0. The minimum Gasteiger partial charge on any atom is -0.481 e. The number of H-pyrrole nitrogens is 1. The second-order valence-electron chi connectivity index (χ2n) is 6.16. The Bertz CT molecular complexity index is 1100. The molecular formula is C20H17N5O2S. The molecule has 3 heterocycles. The largest absolute Gasteiger partial charge is 0.481 e. The lowest BCUT2D eigenvalue weighted by Crippen LogP contribution is -2.20. The molecule has 0 fully saturated rings. The second-order valence-corrected chi connectivity index (χ2v) is 7.12. The van der Waals surface area contributed by atoms with Gasteiger partial charge >= 0.3 is 5.97 Å². The van der Waals surface area contributed by atoms with Crippen molar-refractivity contribution in [1.29, 1.82) is 0 Å². The monoisotopic (exact) mass is 391 g/mol. The van der Waals surface area contributed by atoms with Crippen LogP contribution >= 0.6 is 11.8 Å². The molecule has 7 nitrogen and oxygen atoms in total. The first-order valence-electron chi connectivity index (χ1n) is 8.59. The number of hydrogen-bond donors (Lipinski definition) is 3. The number of aromatic amines is 1. The maximum atomic E-state index is 11.0. The standard InChI is InChI=1S/C20H17N5O2S/c1-12-13-6-8-15(9-7-13)21-19(23-20(25-24-12)28-11-18(26)27)17-10-14-4-2-3-5-16(14)22-17/h2-10,22H,11H2,1H3,(H,26,27)(H,21,23,25)/b24-12-. The quantitative estimate of drug-likeness (QED) is 0.633. The number of hydrazone groups is 1. The molecular weight excluding hydrogens is 374 g/mol. The fourth-order valence-electron chi connectivity index (χ4n) is 2.75. The van der Waals surface area contributed by atoms with Crippen LogP contribution in [0, 0.1) is 0 Å². The van der Waals surface area contributed by atoms with E-state index in [1.165, 1.54) is 0 Å². The van der Waals surface area contributed by atoms with Crippen LogP contribution in [0.2, 0.25) is 0 Å². The molecule has 2 bridgehead atoms. The summed E-state index contributed by atoms with van der Waals surface area (Å²) >= 11 is 1.06. The number of benzene rings is 2. The minimum absolute atomic E-state index is 0.135. The Morgan fingerprint density at radius 1 is 1.11 bits per heavy atom. The summed E-state index contributed by atoms with van der Waals surface area (Å²) in [5.41, 5.74) is 7.06. The van der Waals surface area contributed by atoms with Gasteiger partial charge in [0, 0.05) is 10.9 Å². The van der Waals surface area contributed by atoms with Gasteiger partial charge in [0.2, 0.25) is 0 Å². The zero-order valence-corrected chi connectivity index (χ0v) is 15.8. The van der Waals surface area contributed by atoms with Gasteiger partial charge < -0.3 is 10.1 Å². The number of carboxylic acid groups (broad SMARTS) is 1. The molecule has 8 heteroatoms. The number of aliphatic imine (C=N–C) groups is 2. The van der Waals surface area contributed by atoms with Crippen molar-refractivity contribution >= 4 is 51.0 Å². The van der Waals surface area contributed by atoms with Crippen molar-refractivity contribution in [2.45, 2.75) is 6.92 Å². The normalized spacial score (nSPS) is 15.8. The highest BCUT2D eigenvalue weighted by Crippen LogP contribution is 2.21. The van der Waals surface area contributed by atoms with Crippen LogP contribution in [-0.2, 0) is 4.79 Å². The smallest absolute Gasteiger partial charge is 0.313 e. The lowest BCUT2D eigenvalue weighted by molar-refractivity contribution is -0.133. The second kappa shape index (κ2) is 7.69. The summed E-state index contributed by atoms with van der Waals surface area (Å²) in [6.07, 6.45) is 0.